The maximum Gasteiger partial charge on any atom is 0.254 e. The molecule has 3 nitrogen and oxygen atoms in total. The molecule has 19 heavy (non-hydrogen) atoms. The summed E-state index contributed by atoms with van der Waals surface area (Å²) in [6.07, 6.45) is 0.963. The SMILES string of the molecule is CCC(C)CNC(=O)c1cc(C#CCN)ccc1F. The Kier molecular flexibility index (Phi) is 6.04. The average Bonchev–Trinajstić information content (AvgIpc) is 2.43. The third-order valence-electron chi connectivity index (χ3n) is 2.85. The first-order valence-corrected chi connectivity index (χ1v) is 6.35. The van der Waals surface area contributed by atoms with E-state index in [2.05, 4.69) is 17.2 Å². The van der Waals surface area contributed by atoms with E-state index in [4.69, 9.17) is 5.73 Å². The first-order chi connectivity index (χ1) is 9.08. The maximum absolute atomic E-state index is 13.6. The molecule has 1 unspecified atom stereocenters. The lowest BCUT2D eigenvalue weighted by molar-refractivity contribution is 0.0943. The van der Waals surface area contributed by atoms with Crippen molar-refractivity contribution < 1.29 is 9.18 Å². The second-order valence-electron chi connectivity index (χ2n) is 4.42. The Morgan fingerprint density at radius 2 is 2.26 bits per heavy atom. The van der Waals surface area contributed by atoms with E-state index >= 15 is 0 Å². The smallest absolute Gasteiger partial charge is 0.254 e. The number of carbonyl (C=O) groups excluding carboxylic acids is 1. The van der Waals surface area contributed by atoms with Crippen LogP contribution in [0.5, 0.6) is 0 Å². The molecule has 0 aliphatic heterocycles. The third-order valence-corrected chi connectivity index (χ3v) is 2.85. The van der Waals surface area contributed by atoms with E-state index in [-0.39, 0.29) is 12.1 Å². The van der Waals surface area contributed by atoms with Crippen LogP contribution in [0.15, 0.2) is 18.2 Å². The number of carbonyl (C=O) groups is 1. The van der Waals surface area contributed by atoms with E-state index < -0.39 is 11.7 Å². The number of hydrogen-bond acceptors (Lipinski definition) is 2. The summed E-state index contributed by atoms with van der Waals surface area (Å²) in [7, 11) is 0. The highest BCUT2D eigenvalue weighted by molar-refractivity contribution is 5.94. The Labute approximate surface area is 113 Å². The predicted octanol–water partition coefficient (Wildman–Crippen LogP) is 1.91. The topological polar surface area (TPSA) is 55.1 Å². The number of nitrogens with two attached hydrogens (primary N) is 1. The van der Waals surface area contributed by atoms with Crippen molar-refractivity contribution in [3.63, 3.8) is 0 Å². The fourth-order valence-corrected chi connectivity index (χ4v) is 1.44. The fraction of sp³-hybridized carbons (Fsp3) is 0.400. The van der Waals surface area contributed by atoms with Crippen LogP contribution in [0, 0.1) is 23.6 Å². The Balaban J connectivity index is 2.83. The number of rotatable bonds is 4. The van der Waals surface area contributed by atoms with Gasteiger partial charge in [-0.25, -0.2) is 4.39 Å². The summed E-state index contributed by atoms with van der Waals surface area (Å²) in [5.41, 5.74) is 5.88. The Hall–Kier alpha value is -1.86. The van der Waals surface area contributed by atoms with Crippen molar-refractivity contribution in [2.75, 3.05) is 13.1 Å². The molecule has 0 fully saturated rings. The molecule has 0 saturated carbocycles. The third kappa shape index (κ3) is 4.72. The highest BCUT2D eigenvalue weighted by Gasteiger charge is 2.12. The molecule has 1 rings (SSSR count). The molecule has 0 aliphatic rings. The van der Waals surface area contributed by atoms with Gasteiger partial charge in [0, 0.05) is 12.1 Å². The Bertz CT molecular complexity index is 503. The van der Waals surface area contributed by atoms with Crippen molar-refractivity contribution in [1.29, 1.82) is 0 Å². The van der Waals surface area contributed by atoms with Crippen LogP contribution in [0.4, 0.5) is 4.39 Å². The van der Waals surface area contributed by atoms with E-state index in [0.717, 1.165) is 6.42 Å². The van der Waals surface area contributed by atoms with Crippen molar-refractivity contribution in [1.82, 2.24) is 5.32 Å². The molecule has 3 N–H and O–H groups in total. The van der Waals surface area contributed by atoms with E-state index in [0.29, 0.717) is 18.0 Å². The molecule has 1 atom stereocenters. The van der Waals surface area contributed by atoms with Gasteiger partial charge < -0.3 is 11.1 Å². The molecule has 0 aliphatic carbocycles. The summed E-state index contributed by atoms with van der Waals surface area (Å²) in [6, 6.07) is 4.23. The first kappa shape index (κ1) is 15.2. The van der Waals surface area contributed by atoms with E-state index in [1.807, 2.05) is 13.8 Å². The van der Waals surface area contributed by atoms with Crippen LogP contribution in [0.1, 0.15) is 36.2 Å². The quantitative estimate of drug-likeness (QED) is 0.814. The summed E-state index contributed by atoms with van der Waals surface area (Å²) in [4.78, 5) is 11.9. The van der Waals surface area contributed by atoms with E-state index in [9.17, 15) is 9.18 Å². The van der Waals surface area contributed by atoms with Crippen LogP contribution >= 0.6 is 0 Å². The molecule has 0 radical (unpaired) electrons. The van der Waals surface area contributed by atoms with Gasteiger partial charge in [-0.15, -0.1) is 0 Å². The molecule has 0 saturated heterocycles. The molecule has 0 aromatic heterocycles. The van der Waals surface area contributed by atoms with Crippen molar-refractivity contribution in [2.45, 2.75) is 20.3 Å². The summed E-state index contributed by atoms with van der Waals surface area (Å²) in [5.74, 6) is 4.87. The molecule has 1 aromatic rings. The highest BCUT2D eigenvalue weighted by atomic mass is 19.1. The molecule has 1 aromatic carbocycles. The molecular formula is C15H19FN2O. The number of hydrogen-bond donors (Lipinski definition) is 2. The lowest BCUT2D eigenvalue weighted by Crippen LogP contribution is -2.28. The van der Waals surface area contributed by atoms with E-state index in [1.54, 1.807) is 0 Å². The van der Waals surface area contributed by atoms with Crippen LogP contribution < -0.4 is 11.1 Å². The van der Waals surface area contributed by atoms with Gasteiger partial charge in [0.15, 0.2) is 0 Å². The minimum atomic E-state index is -0.542. The number of nitrogens with one attached hydrogen (secondary N) is 1. The van der Waals surface area contributed by atoms with E-state index in [1.165, 1.54) is 18.2 Å². The van der Waals surface area contributed by atoms with Gasteiger partial charge in [-0.3, -0.25) is 4.79 Å². The van der Waals surface area contributed by atoms with Gasteiger partial charge in [-0.2, -0.15) is 0 Å². The monoisotopic (exact) mass is 262 g/mol. The number of amides is 1. The Morgan fingerprint density at radius 1 is 1.53 bits per heavy atom. The molecule has 102 valence electrons. The first-order valence-electron chi connectivity index (χ1n) is 6.35. The molecule has 0 bridgehead atoms. The average molecular weight is 262 g/mol. The second-order valence-corrected chi connectivity index (χ2v) is 4.42. The lowest BCUT2D eigenvalue weighted by atomic mass is 10.1. The number of halogens is 1. The van der Waals surface area contributed by atoms with Crippen LogP contribution in [0.2, 0.25) is 0 Å². The largest absolute Gasteiger partial charge is 0.352 e. The molecular weight excluding hydrogens is 243 g/mol. The summed E-state index contributed by atoms with van der Waals surface area (Å²) < 4.78 is 13.6. The normalized spacial score (nSPS) is 11.4. The lowest BCUT2D eigenvalue weighted by Gasteiger charge is -2.10. The zero-order chi connectivity index (χ0) is 14.3. The molecule has 4 heteroatoms. The van der Waals surface area contributed by atoms with Crippen LogP contribution in [0.25, 0.3) is 0 Å². The standard InChI is InChI=1S/C15H19FN2O/c1-3-11(2)10-18-15(19)13-9-12(5-4-8-17)6-7-14(13)16/h6-7,9,11H,3,8,10,17H2,1-2H3,(H,18,19). The van der Waals surface area contributed by atoms with Crippen molar-refractivity contribution in [3.8, 4) is 11.8 Å². The molecule has 1 amide bonds. The summed E-state index contributed by atoms with van der Waals surface area (Å²) in [5, 5.41) is 2.72. The summed E-state index contributed by atoms with van der Waals surface area (Å²) in [6.45, 7) is 4.83. The minimum absolute atomic E-state index is 0.0205. The van der Waals surface area contributed by atoms with Crippen LogP contribution in [-0.2, 0) is 0 Å². The highest BCUT2D eigenvalue weighted by Crippen LogP contribution is 2.10. The zero-order valence-electron chi connectivity index (χ0n) is 11.3. The fourth-order valence-electron chi connectivity index (χ4n) is 1.44. The predicted molar refractivity (Wildman–Crippen MR) is 74.1 cm³/mol. The van der Waals surface area contributed by atoms with Gasteiger partial charge in [0.25, 0.3) is 5.91 Å². The zero-order valence-corrected chi connectivity index (χ0v) is 11.3. The molecule has 0 heterocycles. The van der Waals surface area contributed by atoms with Crippen LogP contribution in [0.3, 0.4) is 0 Å². The second kappa shape index (κ2) is 7.55. The van der Waals surface area contributed by atoms with Gasteiger partial charge >= 0.3 is 0 Å². The van der Waals surface area contributed by atoms with Crippen LogP contribution in [-0.4, -0.2) is 19.0 Å². The van der Waals surface area contributed by atoms with Crippen molar-refractivity contribution in [3.05, 3.63) is 35.1 Å². The van der Waals surface area contributed by atoms with Crippen molar-refractivity contribution in [2.24, 2.45) is 11.7 Å². The minimum Gasteiger partial charge on any atom is -0.352 e. The molecule has 0 spiro atoms. The van der Waals surface area contributed by atoms with Gasteiger partial charge in [0.05, 0.1) is 12.1 Å². The van der Waals surface area contributed by atoms with Gasteiger partial charge in [0.1, 0.15) is 5.82 Å². The summed E-state index contributed by atoms with van der Waals surface area (Å²) >= 11 is 0. The van der Waals surface area contributed by atoms with Gasteiger partial charge in [-0.05, 0) is 24.1 Å². The van der Waals surface area contributed by atoms with Crippen molar-refractivity contribution >= 4 is 5.91 Å². The maximum atomic E-state index is 13.6. The van der Waals surface area contributed by atoms with Gasteiger partial charge in [-0.1, -0.05) is 32.1 Å². The Morgan fingerprint density at radius 3 is 2.89 bits per heavy atom. The van der Waals surface area contributed by atoms with Gasteiger partial charge in [0.2, 0.25) is 0 Å². The number of benzene rings is 1.